The lowest BCUT2D eigenvalue weighted by Crippen LogP contribution is -2.02. The summed E-state index contributed by atoms with van der Waals surface area (Å²) in [5, 5.41) is 23.3. The number of halogens is 3. The number of nitrogens with zero attached hydrogens (tertiary/aromatic N) is 2. The summed E-state index contributed by atoms with van der Waals surface area (Å²) in [6.07, 6.45) is 1.17. The van der Waals surface area contributed by atoms with Crippen molar-refractivity contribution in [2.75, 3.05) is 0 Å². The molecule has 21 heavy (non-hydrogen) atoms. The van der Waals surface area contributed by atoms with E-state index >= 15 is 0 Å². The third-order valence-corrected chi connectivity index (χ3v) is 3.56. The molecule has 108 valence electrons. The van der Waals surface area contributed by atoms with Gasteiger partial charge >= 0.3 is 0 Å². The lowest BCUT2D eigenvalue weighted by atomic mass is 10.2. The van der Waals surface area contributed by atoms with Crippen LogP contribution in [0.1, 0.15) is 5.56 Å². The molecule has 0 radical (unpaired) electrons. The molecule has 0 aromatic heterocycles. The van der Waals surface area contributed by atoms with Crippen molar-refractivity contribution in [3.63, 3.8) is 0 Å². The molecular formula is C13H6Cl3N2O3-. The molecule has 0 aliphatic heterocycles. The van der Waals surface area contributed by atoms with E-state index < -0.39 is 16.4 Å². The van der Waals surface area contributed by atoms with Gasteiger partial charge in [0.1, 0.15) is 0 Å². The van der Waals surface area contributed by atoms with E-state index in [-0.39, 0.29) is 15.6 Å². The van der Waals surface area contributed by atoms with Crippen molar-refractivity contribution >= 4 is 52.4 Å². The zero-order valence-corrected chi connectivity index (χ0v) is 12.5. The maximum Gasteiger partial charge on any atom is 0.263 e. The third kappa shape index (κ3) is 3.44. The average Bonchev–Trinajstić information content (AvgIpc) is 2.43. The summed E-state index contributed by atoms with van der Waals surface area (Å²) in [7, 11) is 0. The quantitative estimate of drug-likeness (QED) is 0.471. The van der Waals surface area contributed by atoms with Crippen LogP contribution in [0, 0.1) is 10.1 Å². The second-order valence-electron chi connectivity index (χ2n) is 3.93. The average molecular weight is 345 g/mol. The third-order valence-electron chi connectivity index (χ3n) is 2.53. The minimum atomic E-state index is -0.794. The monoisotopic (exact) mass is 343 g/mol. The minimum absolute atomic E-state index is 0.00904. The van der Waals surface area contributed by atoms with E-state index in [9.17, 15) is 15.2 Å². The first kappa shape index (κ1) is 15.6. The largest absolute Gasteiger partial charge is 0.867 e. The minimum Gasteiger partial charge on any atom is -0.867 e. The van der Waals surface area contributed by atoms with Crippen molar-refractivity contribution in [2.45, 2.75) is 0 Å². The normalized spacial score (nSPS) is 11.0. The first-order chi connectivity index (χ1) is 9.90. The van der Waals surface area contributed by atoms with Crippen LogP contribution < -0.4 is 5.11 Å². The Bertz CT molecular complexity index is 748. The van der Waals surface area contributed by atoms with Crippen molar-refractivity contribution in [3.05, 3.63) is 61.1 Å². The number of benzene rings is 2. The molecule has 2 rings (SSSR count). The Balaban J connectivity index is 2.46. The van der Waals surface area contributed by atoms with E-state index in [0.29, 0.717) is 10.7 Å². The van der Waals surface area contributed by atoms with Gasteiger partial charge in [-0.3, -0.25) is 15.1 Å². The maximum atomic E-state index is 11.9. The number of hydrogen-bond acceptors (Lipinski definition) is 4. The Morgan fingerprint density at radius 3 is 2.57 bits per heavy atom. The van der Waals surface area contributed by atoms with Crippen molar-refractivity contribution in [3.8, 4) is 5.75 Å². The highest BCUT2D eigenvalue weighted by atomic mass is 35.5. The second kappa shape index (κ2) is 6.30. The summed E-state index contributed by atoms with van der Waals surface area (Å²) in [6.45, 7) is 0. The molecule has 0 aliphatic carbocycles. The van der Waals surface area contributed by atoms with E-state index in [0.717, 1.165) is 6.07 Å². The molecule has 8 heteroatoms. The highest BCUT2D eigenvalue weighted by molar-refractivity contribution is 6.43. The molecule has 0 aliphatic rings. The van der Waals surface area contributed by atoms with Crippen molar-refractivity contribution in [1.82, 2.24) is 0 Å². The SMILES string of the molecule is O=[N+]([O-])c1cc(Cl)cc(C=Nc2cccc(Cl)c2Cl)c1[O-]. The Morgan fingerprint density at radius 2 is 1.90 bits per heavy atom. The fraction of sp³-hybridized carbons (Fsp3) is 0. The van der Waals surface area contributed by atoms with Crippen LogP contribution in [-0.2, 0) is 0 Å². The zero-order chi connectivity index (χ0) is 15.6. The first-order valence-electron chi connectivity index (χ1n) is 5.53. The molecule has 2 aromatic carbocycles. The summed E-state index contributed by atoms with van der Waals surface area (Å²) in [5.74, 6) is -0.772. The Morgan fingerprint density at radius 1 is 1.19 bits per heavy atom. The van der Waals surface area contributed by atoms with E-state index in [4.69, 9.17) is 34.8 Å². The summed E-state index contributed by atoms with van der Waals surface area (Å²) < 4.78 is 0. The summed E-state index contributed by atoms with van der Waals surface area (Å²) in [6, 6.07) is 7.10. The molecular weight excluding hydrogens is 339 g/mol. The Labute approximate surface area is 134 Å². The van der Waals surface area contributed by atoms with Crippen LogP contribution in [0.2, 0.25) is 15.1 Å². The van der Waals surface area contributed by atoms with E-state index in [1.54, 1.807) is 18.2 Å². The van der Waals surface area contributed by atoms with Crippen LogP contribution in [0.25, 0.3) is 0 Å². The van der Waals surface area contributed by atoms with Crippen LogP contribution in [0.15, 0.2) is 35.3 Å². The highest BCUT2D eigenvalue weighted by Gasteiger charge is 2.11. The number of nitro benzene ring substituents is 1. The molecule has 5 nitrogen and oxygen atoms in total. The first-order valence-corrected chi connectivity index (χ1v) is 6.66. The van der Waals surface area contributed by atoms with Gasteiger partial charge < -0.3 is 5.11 Å². The molecule has 0 amide bonds. The molecule has 0 fully saturated rings. The molecule has 0 N–H and O–H groups in total. The van der Waals surface area contributed by atoms with Gasteiger partial charge in [0, 0.05) is 17.3 Å². The molecule has 0 heterocycles. The van der Waals surface area contributed by atoms with Gasteiger partial charge in [-0.15, -0.1) is 0 Å². The molecule has 0 bridgehead atoms. The number of rotatable bonds is 3. The summed E-state index contributed by atoms with van der Waals surface area (Å²) in [4.78, 5) is 14.0. The lowest BCUT2D eigenvalue weighted by Gasteiger charge is -2.10. The van der Waals surface area contributed by atoms with Gasteiger partial charge in [-0.2, -0.15) is 0 Å². The smallest absolute Gasteiger partial charge is 0.263 e. The number of nitro groups is 1. The zero-order valence-electron chi connectivity index (χ0n) is 10.2. The van der Waals surface area contributed by atoms with Crippen molar-refractivity contribution in [2.24, 2.45) is 4.99 Å². The van der Waals surface area contributed by atoms with Crippen molar-refractivity contribution in [1.29, 1.82) is 0 Å². The summed E-state index contributed by atoms with van der Waals surface area (Å²) >= 11 is 17.5. The fourth-order valence-corrected chi connectivity index (χ4v) is 2.13. The number of aliphatic imine (C=N–C) groups is 1. The van der Waals surface area contributed by atoms with Gasteiger partial charge in [-0.1, -0.05) is 40.9 Å². The van der Waals surface area contributed by atoms with Crippen LogP contribution in [-0.4, -0.2) is 11.1 Å². The predicted molar refractivity (Wildman–Crippen MR) is 81.3 cm³/mol. The highest BCUT2D eigenvalue weighted by Crippen LogP contribution is 2.33. The van der Waals surface area contributed by atoms with Gasteiger partial charge in [-0.05, 0) is 29.5 Å². The van der Waals surface area contributed by atoms with Gasteiger partial charge in [-0.25, -0.2) is 0 Å². The van der Waals surface area contributed by atoms with E-state index in [1.165, 1.54) is 12.3 Å². The van der Waals surface area contributed by atoms with E-state index in [2.05, 4.69) is 4.99 Å². The molecule has 0 spiro atoms. The maximum absolute atomic E-state index is 11.9. The van der Waals surface area contributed by atoms with Gasteiger partial charge in [0.25, 0.3) is 5.69 Å². The van der Waals surface area contributed by atoms with Gasteiger partial charge in [0.15, 0.2) is 0 Å². The number of hydrogen-bond donors (Lipinski definition) is 0. The molecule has 0 saturated carbocycles. The summed E-state index contributed by atoms with van der Waals surface area (Å²) in [5.41, 5.74) is -0.280. The fourth-order valence-electron chi connectivity index (χ4n) is 1.56. The predicted octanol–water partition coefficient (Wildman–Crippen LogP) is 4.38. The topological polar surface area (TPSA) is 78.6 Å². The van der Waals surface area contributed by atoms with E-state index in [1.807, 2.05) is 0 Å². The van der Waals surface area contributed by atoms with Crippen LogP contribution in [0.5, 0.6) is 5.75 Å². The standard InChI is InChI=1S/C13H7Cl3N2O3/c14-8-4-7(13(19)11(5-8)18(20)21)6-17-10-3-1-2-9(15)12(10)16/h1-6,19H/p-1. The van der Waals surface area contributed by atoms with Crippen LogP contribution in [0.3, 0.4) is 0 Å². The van der Waals surface area contributed by atoms with Gasteiger partial charge in [0.05, 0.1) is 20.7 Å². The Kier molecular flexibility index (Phi) is 4.67. The van der Waals surface area contributed by atoms with Crippen LogP contribution in [0.4, 0.5) is 11.4 Å². The molecule has 0 atom stereocenters. The van der Waals surface area contributed by atoms with Gasteiger partial charge in [0.2, 0.25) is 0 Å². The van der Waals surface area contributed by atoms with Crippen LogP contribution >= 0.6 is 34.8 Å². The Hall–Kier alpha value is -1.82. The molecule has 0 saturated heterocycles. The molecule has 0 unspecified atom stereocenters. The van der Waals surface area contributed by atoms with Crippen molar-refractivity contribution < 1.29 is 10.0 Å². The second-order valence-corrected chi connectivity index (χ2v) is 5.15. The lowest BCUT2D eigenvalue weighted by molar-refractivity contribution is -0.398. The molecule has 2 aromatic rings.